The highest BCUT2D eigenvalue weighted by molar-refractivity contribution is 5.93. The van der Waals surface area contributed by atoms with Gasteiger partial charge in [-0.15, -0.1) is 0 Å². The Balaban J connectivity index is 2.41. The van der Waals surface area contributed by atoms with Gasteiger partial charge in [0.2, 0.25) is 11.8 Å². The lowest BCUT2D eigenvalue weighted by molar-refractivity contribution is 0.1000. The molecule has 1 aromatic carbocycles. The Kier molecular flexibility index (Phi) is 3.76. The van der Waals surface area contributed by atoms with Crippen LogP contribution in [0.25, 0.3) is 0 Å². The molecule has 4 N–H and O–H groups in total. The van der Waals surface area contributed by atoms with Crippen molar-refractivity contribution < 1.29 is 9.53 Å². The van der Waals surface area contributed by atoms with Gasteiger partial charge < -0.3 is 16.2 Å². The van der Waals surface area contributed by atoms with E-state index in [1.165, 1.54) is 12.3 Å². The number of pyridine rings is 1. The van der Waals surface area contributed by atoms with Gasteiger partial charge >= 0.3 is 0 Å². The Morgan fingerprint density at radius 2 is 1.90 bits per heavy atom. The molecule has 1 amide bonds. The number of hydrogen-bond acceptors (Lipinski definition) is 5. The van der Waals surface area contributed by atoms with Crippen LogP contribution in [-0.2, 0) is 0 Å². The fourth-order valence-electron chi connectivity index (χ4n) is 1.97. The smallest absolute Gasteiger partial charge is 0.248 e. The summed E-state index contributed by atoms with van der Waals surface area (Å²) in [5.41, 5.74) is 13.6. The van der Waals surface area contributed by atoms with Crippen LogP contribution in [0.1, 0.15) is 27.0 Å². The molecule has 2 aromatic rings. The Labute approximate surface area is 122 Å². The van der Waals surface area contributed by atoms with Gasteiger partial charge in [0.05, 0.1) is 11.3 Å². The van der Waals surface area contributed by atoms with Crippen molar-refractivity contribution in [1.29, 1.82) is 5.26 Å². The van der Waals surface area contributed by atoms with Crippen LogP contribution in [0.15, 0.2) is 24.4 Å². The average Bonchev–Trinajstić information content (AvgIpc) is 2.43. The third-order valence-corrected chi connectivity index (χ3v) is 2.95. The number of nitrogens with two attached hydrogens (primary N) is 2. The van der Waals surface area contributed by atoms with Crippen molar-refractivity contribution in [3.8, 4) is 17.7 Å². The van der Waals surface area contributed by atoms with Crippen molar-refractivity contribution in [1.82, 2.24) is 4.98 Å². The molecule has 0 aliphatic heterocycles. The number of benzene rings is 1. The van der Waals surface area contributed by atoms with E-state index in [1.54, 1.807) is 26.0 Å². The minimum Gasteiger partial charge on any atom is -0.437 e. The molecule has 0 fully saturated rings. The van der Waals surface area contributed by atoms with Crippen molar-refractivity contribution in [2.45, 2.75) is 13.8 Å². The van der Waals surface area contributed by atoms with Gasteiger partial charge in [-0.05, 0) is 43.2 Å². The number of ether oxygens (including phenoxy) is 1. The Hall–Kier alpha value is -3.07. The predicted molar refractivity (Wildman–Crippen MR) is 77.9 cm³/mol. The number of aryl methyl sites for hydroxylation is 2. The minimum absolute atomic E-state index is 0.215. The van der Waals surface area contributed by atoms with E-state index in [0.29, 0.717) is 16.9 Å². The zero-order chi connectivity index (χ0) is 15.6. The van der Waals surface area contributed by atoms with Crippen molar-refractivity contribution in [2.24, 2.45) is 5.73 Å². The standard InChI is InChI=1S/C15H14N4O2/c1-8-3-11(14(18)20)4-9(2)13(8)21-15-12(17)5-10(6-16)7-19-15/h3-5,7H,17H2,1-2H3,(H2,18,20). The molecule has 0 radical (unpaired) electrons. The van der Waals surface area contributed by atoms with Gasteiger partial charge in [-0.1, -0.05) is 0 Å². The first-order valence-electron chi connectivity index (χ1n) is 6.17. The lowest BCUT2D eigenvalue weighted by Gasteiger charge is -2.13. The molecule has 1 heterocycles. The molecular formula is C15H14N4O2. The molecule has 106 valence electrons. The molecule has 0 atom stereocenters. The molecule has 0 aliphatic carbocycles. The van der Waals surface area contributed by atoms with E-state index >= 15 is 0 Å². The van der Waals surface area contributed by atoms with E-state index in [4.69, 9.17) is 21.5 Å². The molecule has 0 saturated carbocycles. The first-order chi connectivity index (χ1) is 9.92. The minimum atomic E-state index is -0.497. The molecule has 6 heteroatoms. The predicted octanol–water partition coefficient (Wildman–Crippen LogP) is 2.04. The maximum Gasteiger partial charge on any atom is 0.248 e. The fraction of sp³-hybridized carbons (Fsp3) is 0.133. The maximum absolute atomic E-state index is 11.2. The summed E-state index contributed by atoms with van der Waals surface area (Å²) in [7, 11) is 0. The lowest BCUT2D eigenvalue weighted by Crippen LogP contribution is -2.11. The number of nitrogen functional groups attached to an aromatic ring is 1. The van der Waals surface area contributed by atoms with Gasteiger partial charge in [0.25, 0.3) is 0 Å². The van der Waals surface area contributed by atoms with Crippen molar-refractivity contribution in [2.75, 3.05) is 5.73 Å². The van der Waals surface area contributed by atoms with Crippen LogP contribution in [0.2, 0.25) is 0 Å². The van der Waals surface area contributed by atoms with Crippen LogP contribution < -0.4 is 16.2 Å². The van der Waals surface area contributed by atoms with E-state index in [2.05, 4.69) is 4.98 Å². The lowest BCUT2D eigenvalue weighted by atomic mass is 10.1. The number of nitriles is 1. The number of amides is 1. The summed E-state index contributed by atoms with van der Waals surface area (Å²) in [4.78, 5) is 15.2. The number of rotatable bonds is 3. The SMILES string of the molecule is Cc1cc(C(N)=O)cc(C)c1Oc1ncc(C#N)cc1N. The summed E-state index contributed by atoms with van der Waals surface area (Å²) >= 11 is 0. The molecule has 0 unspecified atom stereocenters. The maximum atomic E-state index is 11.2. The van der Waals surface area contributed by atoms with Gasteiger partial charge in [0.1, 0.15) is 11.8 Å². The van der Waals surface area contributed by atoms with Gasteiger partial charge in [-0.2, -0.15) is 5.26 Å². The van der Waals surface area contributed by atoms with E-state index < -0.39 is 5.91 Å². The van der Waals surface area contributed by atoms with Crippen molar-refractivity contribution >= 4 is 11.6 Å². The van der Waals surface area contributed by atoms with E-state index in [0.717, 1.165) is 11.1 Å². The largest absolute Gasteiger partial charge is 0.437 e. The highest BCUT2D eigenvalue weighted by Gasteiger charge is 2.13. The van der Waals surface area contributed by atoms with Crippen molar-refractivity contribution in [3.05, 3.63) is 46.6 Å². The number of carbonyl (C=O) groups excluding carboxylic acids is 1. The zero-order valence-electron chi connectivity index (χ0n) is 11.7. The van der Waals surface area contributed by atoms with Crippen LogP contribution in [0.4, 0.5) is 5.69 Å². The topological polar surface area (TPSA) is 115 Å². The highest BCUT2D eigenvalue weighted by atomic mass is 16.5. The first-order valence-corrected chi connectivity index (χ1v) is 6.17. The Morgan fingerprint density at radius 1 is 1.29 bits per heavy atom. The first kappa shape index (κ1) is 14.3. The molecule has 2 rings (SSSR count). The number of anilines is 1. The molecule has 21 heavy (non-hydrogen) atoms. The molecule has 0 aliphatic rings. The second kappa shape index (κ2) is 5.51. The Bertz CT molecular complexity index is 740. The van der Waals surface area contributed by atoms with Crippen LogP contribution in [-0.4, -0.2) is 10.9 Å². The summed E-state index contributed by atoms with van der Waals surface area (Å²) in [6, 6.07) is 6.73. The van der Waals surface area contributed by atoms with E-state index in [-0.39, 0.29) is 11.6 Å². The van der Waals surface area contributed by atoms with Gasteiger partial charge in [0, 0.05) is 11.8 Å². The summed E-state index contributed by atoms with van der Waals surface area (Å²) in [5, 5.41) is 8.78. The number of hydrogen-bond donors (Lipinski definition) is 2. The van der Waals surface area contributed by atoms with Crippen LogP contribution in [0.3, 0.4) is 0 Å². The molecule has 0 spiro atoms. The number of carbonyl (C=O) groups is 1. The van der Waals surface area contributed by atoms with Crippen molar-refractivity contribution in [3.63, 3.8) is 0 Å². The third kappa shape index (κ3) is 2.92. The monoisotopic (exact) mass is 282 g/mol. The van der Waals surface area contributed by atoms with Crippen LogP contribution >= 0.6 is 0 Å². The molecule has 0 bridgehead atoms. The quantitative estimate of drug-likeness (QED) is 0.893. The van der Waals surface area contributed by atoms with Crippen LogP contribution in [0, 0.1) is 25.2 Å². The summed E-state index contributed by atoms with van der Waals surface area (Å²) in [6.45, 7) is 3.60. The van der Waals surface area contributed by atoms with E-state index in [1.807, 2.05) is 6.07 Å². The average molecular weight is 282 g/mol. The molecule has 6 nitrogen and oxygen atoms in total. The zero-order valence-corrected chi connectivity index (χ0v) is 11.7. The number of primary amides is 1. The summed E-state index contributed by atoms with van der Waals surface area (Å²) in [5.74, 6) is 0.277. The summed E-state index contributed by atoms with van der Waals surface area (Å²) < 4.78 is 5.71. The Morgan fingerprint density at radius 3 is 2.38 bits per heavy atom. The van der Waals surface area contributed by atoms with Gasteiger partial charge in [0.15, 0.2) is 0 Å². The molecular weight excluding hydrogens is 268 g/mol. The second-order valence-electron chi connectivity index (χ2n) is 4.64. The fourth-order valence-corrected chi connectivity index (χ4v) is 1.97. The number of nitrogens with zero attached hydrogens (tertiary/aromatic N) is 2. The van der Waals surface area contributed by atoms with Crippen LogP contribution in [0.5, 0.6) is 11.6 Å². The third-order valence-electron chi connectivity index (χ3n) is 2.95. The molecule has 1 aromatic heterocycles. The van der Waals surface area contributed by atoms with E-state index in [9.17, 15) is 4.79 Å². The van der Waals surface area contributed by atoms with Gasteiger partial charge in [-0.25, -0.2) is 4.98 Å². The summed E-state index contributed by atoms with van der Waals surface area (Å²) in [6.07, 6.45) is 1.38. The second-order valence-corrected chi connectivity index (χ2v) is 4.64. The normalized spacial score (nSPS) is 9.95. The molecule has 0 saturated heterocycles. The highest BCUT2D eigenvalue weighted by Crippen LogP contribution is 2.31. The van der Waals surface area contributed by atoms with Gasteiger partial charge in [-0.3, -0.25) is 4.79 Å². The number of aromatic nitrogens is 1.